The maximum absolute atomic E-state index is 11.8. The zero-order chi connectivity index (χ0) is 21.6. The molecule has 0 aliphatic carbocycles. The van der Waals surface area contributed by atoms with Crippen molar-refractivity contribution >= 4 is 18.2 Å². The predicted octanol–water partition coefficient (Wildman–Crippen LogP) is -0.869. The number of carbonyl (C=O) groups excluding carboxylic acids is 2. The molecule has 0 aliphatic heterocycles. The Morgan fingerprint density at radius 1 is 0.793 bits per heavy atom. The molecule has 170 valence electrons. The first-order valence-corrected chi connectivity index (χ1v) is 10.7. The fraction of sp³-hybridized carbons (Fsp3) is 0.842. The minimum atomic E-state index is -1.65. The van der Waals surface area contributed by atoms with Crippen LogP contribution in [-0.2, 0) is 9.59 Å². The third-order valence-corrected chi connectivity index (χ3v) is 4.35. The summed E-state index contributed by atoms with van der Waals surface area (Å²) < 4.78 is 0. The molecule has 9 N–H and O–H groups in total. The third-order valence-electron chi connectivity index (χ3n) is 4.35. The number of rotatable bonds is 20. The highest BCUT2D eigenvalue weighted by Gasteiger charge is 2.22. The lowest BCUT2D eigenvalue weighted by Crippen LogP contribution is -2.46. The Labute approximate surface area is 174 Å². The van der Waals surface area contributed by atoms with Crippen LogP contribution < -0.4 is 32.8 Å². The van der Waals surface area contributed by atoms with Gasteiger partial charge in [-0.3, -0.25) is 9.59 Å². The van der Waals surface area contributed by atoms with E-state index < -0.39 is 17.9 Å². The van der Waals surface area contributed by atoms with Gasteiger partial charge in [0.1, 0.15) is 6.34 Å². The minimum absolute atomic E-state index is 0.441. The maximum Gasteiger partial charge on any atom is 0.258 e. The molecule has 0 bridgehead atoms. The Balaban J connectivity index is 3.52. The molecule has 0 aromatic rings. The molecular formula is C19H41N7O3. The molecule has 0 radical (unpaired) electrons. The normalized spacial score (nSPS) is 12.1. The Hall–Kier alpha value is -1.91. The number of unbranched alkanes of at least 4 members (excludes halogenated alkanes) is 6. The van der Waals surface area contributed by atoms with Crippen LogP contribution in [0.5, 0.6) is 0 Å². The van der Waals surface area contributed by atoms with Crippen LogP contribution in [0.1, 0.15) is 57.8 Å². The molecule has 0 fully saturated rings. The summed E-state index contributed by atoms with van der Waals surface area (Å²) in [5.41, 5.74) is 5.40. The third kappa shape index (κ3) is 17.9. The van der Waals surface area contributed by atoms with E-state index in [2.05, 4.69) is 26.4 Å². The first kappa shape index (κ1) is 27.1. The van der Waals surface area contributed by atoms with Gasteiger partial charge < -0.3 is 38.0 Å². The standard InChI is InChI=1S/C19H41N7O3/c20-10-9-13-22-11-7-8-15-25-19(29)17(27)18(28)24-14-6-4-2-1-3-5-12-23-16-26-21/h16-17,22,27H,1-15,20-21H2,(H,23,26)(H,24,28)(H,25,29). The molecule has 0 rings (SSSR count). The Morgan fingerprint density at radius 3 is 1.86 bits per heavy atom. The maximum atomic E-state index is 11.8. The van der Waals surface area contributed by atoms with Gasteiger partial charge in [0.05, 0.1) is 0 Å². The van der Waals surface area contributed by atoms with E-state index in [4.69, 9.17) is 11.6 Å². The number of hydrazone groups is 1. The number of hydrogen-bond acceptors (Lipinski definition) is 7. The van der Waals surface area contributed by atoms with Gasteiger partial charge in [0.15, 0.2) is 0 Å². The highest BCUT2D eigenvalue weighted by atomic mass is 16.3. The lowest BCUT2D eigenvalue weighted by molar-refractivity contribution is -0.141. The molecule has 0 heterocycles. The molecule has 0 spiro atoms. The Bertz CT molecular complexity index is 436. The molecular weight excluding hydrogens is 374 g/mol. The fourth-order valence-electron chi connectivity index (χ4n) is 2.64. The summed E-state index contributed by atoms with van der Waals surface area (Å²) >= 11 is 0. The van der Waals surface area contributed by atoms with E-state index >= 15 is 0 Å². The second-order valence-electron chi connectivity index (χ2n) is 6.94. The first-order valence-electron chi connectivity index (χ1n) is 10.7. The van der Waals surface area contributed by atoms with E-state index in [1.807, 2.05) is 0 Å². The van der Waals surface area contributed by atoms with Crippen molar-refractivity contribution in [3.8, 4) is 0 Å². The lowest BCUT2D eigenvalue weighted by atomic mass is 10.1. The SMILES string of the molecule is NCCCNCCCCNC(=O)C(O)C(=O)NCCCCCCCCNC=NN. The van der Waals surface area contributed by atoms with Crippen LogP contribution in [0.15, 0.2) is 5.10 Å². The number of aliphatic hydroxyl groups excluding tert-OH is 1. The van der Waals surface area contributed by atoms with Crippen LogP contribution >= 0.6 is 0 Å². The zero-order valence-electron chi connectivity index (χ0n) is 17.6. The number of nitrogens with zero attached hydrogens (tertiary/aromatic N) is 1. The van der Waals surface area contributed by atoms with Gasteiger partial charge in [0.2, 0.25) is 6.10 Å². The zero-order valence-corrected chi connectivity index (χ0v) is 17.6. The highest BCUT2D eigenvalue weighted by molar-refractivity contribution is 6.02. The molecule has 0 aromatic carbocycles. The largest absolute Gasteiger partial charge is 0.375 e. The second-order valence-corrected chi connectivity index (χ2v) is 6.94. The topological polar surface area (TPSA) is 167 Å². The number of amides is 2. The van der Waals surface area contributed by atoms with Crippen molar-refractivity contribution < 1.29 is 14.7 Å². The van der Waals surface area contributed by atoms with Gasteiger partial charge in [-0.2, -0.15) is 5.10 Å². The van der Waals surface area contributed by atoms with Crippen LogP contribution in [-0.4, -0.2) is 68.6 Å². The average molecular weight is 416 g/mol. The van der Waals surface area contributed by atoms with Gasteiger partial charge >= 0.3 is 0 Å². The highest BCUT2D eigenvalue weighted by Crippen LogP contribution is 2.04. The molecule has 0 saturated heterocycles. The molecule has 1 atom stereocenters. The monoisotopic (exact) mass is 415 g/mol. The summed E-state index contributed by atoms with van der Waals surface area (Å²) in [6.45, 7) is 4.20. The number of aliphatic hydroxyl groups is 1. The van der Waals surface area contributed by atoms with Gasteiger partial charge in [-0.25, -0.2) is 0 Å². The molecule has 0 aromatic heterocycles. The van der Waals surface area contributed by atoms with Crippen LogP contribution in [0.25, 0.3) is 0 Å². The van der Waals surface area contributed by atoms with Gasteiger partial charge in [0, 0.05) is 19.6 Å². The van der Waals surface area contributed by atoms with Crippen molar-refractivity contribution in [1.29, 1.82) is 0 Å². The van der Waals surface area contributed by atoms with Crippen molar-refractivity contribution in [1.82, 2.24) is 21.3 Å². The van der Waals surface area contributed by atoms with Crippen molar-refractivity contribution in [3.05, 3.63) is 0 Å². The quantitative estimate of drug-likeness (QED) is 0.0339. The van der Waals surface area contributed by atoms with E-state index in [0.717, 1.165) is 77.4 Å². The van der Waals surface area contributed by atoms with E-state index in [1.54, 1.807) is 0 Å². The van der Waals surface area contributed by atoms with E-state index in [-0.39, 0.29) is 0 Å². The molecule has 10 heteroatoms. The molecule has 2 amide bonds. The molecule has 10 nitrogen and oxygen atoms in total. The van der Waals surface area contributed by atoms with Crippen LogP contribution in [0.2, 0.25) is 0 Å². The lowest BCUT2D eigenvalue weighted by Gasteiger charge is -2.12. The minimum Gasteiger partial charge on any atom is -0.375 e. The number of carbonyl (C=O) groups is 2. The van der Waals surface area contributed by atoms with E-state index in [0.29, 0.717) is 19.6 Å². The van der Waals surface area contributed by atoms with Crippen molar-refractivity contribution in [3.63, 3.8) is 0 Å². The van der Waals surface area contributed by atoms with Crippen LogP contribution in [0, 0.1) is 0 Å². The van der Waals surface area contributed by atoms with Crippen molar-refractivity contribution in [2.24, 2.45) is 16.7 Å². The van der Waals surface area contributed by atoms with E-state index in [9.17, 15) is 14.7 Å². The predicted molar refractivity (Wildman–Crippen MR) is 116 cm³/mol. The molecule has 0 aliphatic rings. The summed E-state index contributed by atoms with van der Waals surface area (Å²) in [4.78, 5) is 23.6. The second kappa shape index (κ2) is 20.8. The number of nitrogens with two attached hydrogens (primary N) is 2. The molecule has 29 heavy (non-hydrogen) atoms. The summed E-state index contributed by atoms with van der Waals surface area (Å²) in [6, 6.07) is 0. The van der Waals surface area contributed by atoms with Gasteiger partial charge in [0.25, 0.3) is 11.8 Å². The number of nitrogens with one attached hydrogen (secondary N) is 4. The first-order chi connectivity index (χ1) is 14.1. The summed E-state index contributed by atoms with van der Waals surface area (Å²) in [5.74, 6) is 3.69. The molecule has 1 unspecified atom stereocenters. The fourth-order valence-corrected chi connectivity index (χ4v) is 2.64. The Morgan fingerprint density at radius 2 is 1.28 bits per heavy atom. The van der Waals surface area contributed by atoms with Gasteiger partial charge in [-0.1, -0.05) is 25.7 Å². The summed E-state index contributed by atoms with van der Waals surface area (Å²) in [6.07, 6.45) is 8.71. The van der Waals surface area contributed by atoms with Crippen LogP contribution in [0.3, 0.4) is 0 Å². The van der Waals surface area contributed by atoms with Gasteiger partial charge in [-0.05, 0) is 51.7 Å². The smallest absolute Gasteiger partial charge is 0.258 e. The molecule has 0 saturated carbocycles. The van der Waals surface area contributed by atoms with E-state index in [1.165, 1.54) is 6.34 Å². The average Bonchev–Trinajstić information content (AvgIpc) is 2.73. The Kier molecular flexibility index (Phi) is 19.4. The van der Waals surface area contributed by atoms with Crippen molar-refractivity contribution in [2.45, 2.75) is 63.9 Å². The van der Waals surface area contributed by atoms with Crippen molar-refractivity contribution in [2.75, 3.05) is 39.3 Å². The van der Waals surface area contributed by atoms with Gasteiger partial charge in [-0.15, -0.1) is 0 Å². The summed E-state index contributed by atoms with van der Waals surface area (Å²) in [5, 5.41) is 24.6. The summed E-state index contributed by atoms with van der Waals surface area (Å²) in [7, 11) is 0. The van der Waals surface area contributed by atoms with Crippen LogP contribution in [0.4, 0.5) is 0 Å². The number of hydrogen-bond donors (Lipinski definition) is 7.